The first kappa shape index (κ1) is 44.7. The van der Waals surface area contributed by atoms with Crippen LogP contribution in [-0.4, -0.2) is 23.9 Å². The minimum Gasteiger partial charge on any atom is -0.507 e. The molecule has 1 N–H and O–H groups in total. The Morgan fingerprint density at radius 2 is 1.23 bits per heavy atom. The summed E-state index contributed by atoms with van der Waals surface area (Å²) in [6.45, 7) is 16.2. The van der Waals surface area contributed by atoms with Crippen molar-refractivity contribution in [2.45, 2.75) is 149 Å². The topological polar surface area (TPSA) is 47.9 Å². The van der Waals surface area contributed by atoms with Crippen LogP contribution in [0.4, 0.5) is 0 Å². The predicted octanol–water partition coefficient (Wildman–Crippen LogP) is 16.2. The van der Waals surface area contributed by atoms with Crippen molar-refractivity contribution in [2.75, 3.05) is 13.2 Å². The molecule has 1 atom stereocenters. The van der Waals surface area contributed by atoms with Gasteiger partial charge in [-0.1, -0.05) is 72.7 Å². The van der Waals surface area contributed by atoms with Gasteiger partial charge >= 0.3 is 0 Å². The van der Waals surface area contributed by atoms with Crippen LogP contribution in [0.5, 0.6) is 23.0 Å². The number of aryl methyl sites for hydroxylation is 4. The average Bonchev–Trinajstić information content (AvgIpc) is 3.30. The summed E-state index contributed by atoms with van der Waals surface area (Å²) in [4.78, 5) is 0. The zero-order chi connectivity index (χ0) is 45.1. The van der Waals surface area contributed by atoms with Crippen molar-refractivity contribution in [3.63, 3.8) is 0 Å². The predicted molar refractivity (Wildman–Crippen MR) is 271 cm³/mol. The Labute approximate surface area is 389 Å². The normalized spacial score (nSPS) is 21.4. The van der Waals surface area contributed by atoms with Gasteiger partial charge in [0, 0.05) is 33.4 Å². The molecule has 5 aromatic rings. The number of hydrogen-bond donors (Lipinski definition) is 1. The third kappa shape index (κ3) is 9.60. The molecule has 4 heteroatoms. The number of para-hydroxylation sites is 2. The van der Waals surface area contributed by atoms with Gasteiger partial charge in [-0.25, -0.2) is 0 Å². The van der Waals surface area contributed by atoms with Gasteiger partial charge in [-0.2, -0.15) is 0 Å². The highest BCUT2D eigenvalue weighted by atomic mass is 16.6. The second-order valence-electron chi connectivity index (χ2n) is 20.1. The van der Waals surface area contributed by atoms with E-state index in [1.807, 2.05) is 18.2 Å². The number of rotatable bonds is 6. The van der Waals surface area contributed by atoms with Gasteiger partial charge in [0.15, 0.2) is 5.60 Å². The van der Waals surface area contributed by atoms with Crippen LogP contribution in [0.1, 0.15) is 143 Å². The number of fused-ring (bicyclic) bond motifs is 5. The molecule has 0 aromatic heterocycles. The summed E-state index contributed by atoms with van der Waals surface area (Å²) in [5, 5.41) is 12.5. The molecule has 1 heterocycles. The maximum atomic E-state index is 12.5. The minimum atomic E-state index is -0.867. The molecule has 65 heavy (non-hydrogen) atoms. The third-order valence-corrected chi connectivity index (χ3v) is 14.6. The van der Waals surface area contributed by atoms with Crippen molar-refractivity contribution in [2.24, 2.45) is 0 Å². The number of phenols is 1. The van der Waals surface area contributed by atoms with Crippen LogP contribution in [0, 0.1) is 13.8 Å². The molecule has 0 fully saturated rings. The zero-order valence-corrected chi connectivity index (χ0v) is 39.9. The van der Waals surface area contributed by atoms with Gasteiger partial charge in [-0.15, -0.1) is 0 Å². The van der Waals surface area contributed by atoms with Gasteiger partial charge in [0.05, 0.1) is 0 Å². The fourth-order valence-electron chi connectivity index (χ4n) is 11.2. The fourth-order valence-corrected chi connectivity index (χ4v) is 11.2. The first-order valence-corrected chi connectivity index (χ1v) is 24.9. The molecule has 0 radical (unpaired) electrons. The van der Waals surface area contributed by atoms with Crippen molar-refractivity contribution >= 4 is 5.57 Å². The summed E-state index contributed by atoms with van der Waals surface area (Å²) >= 11 is 0. The lowest BCUT2D eigenvalue weighted by atomic mass is 9.76. The molecule has 9 rings (SSSR count). The molecule has 5 aromatic carbocycles. The van der Waals surface area contributed by atoms with Crippen LogP contribution in [0.25, 0.3) is 39.0 Å². The van der Waals surface area contributed by atoms with E-state index in [0.717, 1.165) is 127 Å². The van der Waals surface area contributed by atoms with E-state index >= 15 is 0 Å². The Hall–Kier alpha value is -5.48. The van der Waals surface area contributed by atoms with Gasteiger partial charge in [0.2, 0.25) is 0 Å². The highest BCUT2D eigenvalue weighted by Gasteiger charge is 2.36. The number of benzene rings is 5. The van der Waals surface area contributed by atoms with Crippen LogP contribution in [0.3, 0.4) is 0 Å². The van der Waals surface area contributed by atoms with Crippen LogP contribution in [0.2, 0.25) is 0 Å². The Balaban J connectivity index is 1.09. The molecule has 4 aliphatic rings. The van der Waals surface area contributed by atoms with Crippen LogP contribution >= 0.6 is 0 Å². The maximum Gasteiger partial charge on any atom is 0.174 e. The second kappa shape index (κ2) is 19.5. The van der Waals surface area contributed by atoms with Gasteiger partial charge < -0.3 is 19.3 Å². The van der Waals surface area contributed by atoms with Crippen LogP contribution < -0.4 is 14.2 Å². The van der Waals surface area contributed by atoms with E-state index < -0.39 is 5.60 Å². The Kier molecular flexibility index (Phi) is 13.4. The van der Waals surface area contributed by atoms with Gasteiger partial charge in [-0.3, -0.25) is 0 Å². The third-order valence-electron chi connectivity index (χ3n) is 14.6. The summed E-state index contributed by atoms with van der Waals surface area (Å²) in [7, 11) is 0. The molecule has 0 amide bonds. The minimum absolute atomic E-state index is 0.235. The highest BCUT2D eigenvalue weighted by Crippen LogP contribution is 2.51. The Morgan fingerprint density at radius 1 is 0.615 bits per heavy atom. The molecule has 0 bridgehead atoms. The quantitative estimate of drug-likeness (QED) is 0.173. The van der Waals surface area contributed by atoms with Crippen molar-refractivity contribution in [1.29, 1.82) is 0 Å². The van der Waals surface area contributed by atoms with E-state index in [1.54, 1.807) is 0 Å². The number of ether oxygens (including phenoxy) is 3. The standard InChI is InChI=1S/C61H70O4/c1-40-21-9-7-8-10-23-43(4)57(44(5)24-12-11-22-40)53-35-41(2)33-51(59(53)62)49-29-17-19-31-55(49)63-38-61(6)39-64-56-32-20-18-30-50(56)52-34-42(3)36-54(60(52)65-61)58-47-27-15-13-25-45(47)37-46-26-14-16-28-48(46)58/h17-21,29-37,62H,4,7-16,22-28,38-39H2,1-3,5-6H3/b40-21+,57-44-. The van der Waals surface area contributed by atoms with Crippen molar-refractivity contribution in [1.82, 2.24) is 0 Å². The van der Waals surface area contributed by atoms with Crippen molar-refractivity contribution in [3.05, 3.63) is 147 Å². The summed E-state index contributed by atoms with van der Waals surface area (Å²) in [5.74, 6) is 2.74. The maximum absolute atomic E-state index is 12.5. The number of aromatic hydroxyl groups is 1. The lowest BCUT2D eigenvalue weighted by molar-refractivity contribution is -0.00389. The fraction of sp³-hybridized carbons (Fsp3) is 0.410. The highest BCUT2D eigenvalue weighted by molar-refractivity contribution is 5.90. The Morgan fingerprint density at radius 3 is 2.00 bits per heavy atom. The van der Waals surface area contributed by atoms with E-state index in [4.69, 9.17) is 14.2 Å². The van der Waals surface area contributed by atoms with Gasteiger partial charge in [0.25, 0.3) is 0 Å². The van der Waals surface area contributed by atoms with E-state index in [0.29, 0.717) is 12.4 Å². The monoisotopic (exact) mass is 867 g/mol. The molecule has 1 aliphatic heterocycles. The summed E-state index contributed by atoms with van der Waals surface area (Å²) < 4.78 is 21.2. The smallest absolute Gasteiger partial charge is 0.174 e. The molecule has 0 saturated carbocycles. The molecule has 0 saturated heterocycles. The average molecular weight is 867 g/mol. The second-order valence-corrected chi connectivity index (χ2v) is 20.1. The molecule has 0 spiro atoms. The van der Waals surface area contributed by atoms with E-state index in [2.05, 4.69) is 108 Å². The van der Waals surface area contributed by atoms with Crippen LogP contribution in [0.15, 0.2) is 108 Å². The SMILES string of the molecule is C=C1CCCCC/C=C(\C)CCCC/C(C)=C/1c1cc(C)cc(-c2ccccc2OCC2(C)COc3ccccc3-c3cc(C)cc(-c4c5c(cc6c4CCCC6)CCCC5)c3O2)c1O. The largest absolute Gasteiger partial charge is 0.507 e. The van der Waals surface area contributed by atoms with Gasteiger partial charge in [-0.05, 0) is 224 Å². The number of allylic oxidation sites excluding steroid dienone is 5. The molecule has 1 unspecified atom stereocenters. The van der Waals surface area contributed by atoms with Crippen molar-refractivity contribution < 1.29 is 19.3 Å². The first-order chi connectivity index (χ1) is 31.6. The molecule has 3 aliphatic carbocycles. The summed E-state index contributed by atoms with van der Waals surface area (Å²) in [6.07, 6.45) is 21.8. The van der Waals surface area contributed by atoms with Crippen molar-refractivity contribution in [3.8, 4) is 56.4 Å². The van der Waals surface area contributed by atoms with E-state index in [1.165, 1.54) is 88.6 Å². The Bertz CT molecular complexity index is 2620. The molecular formula is C61H70O4. The van der Waals surface area contributed by atoms with Crippen LogP contribution in [-0.2, 0) is 25.7 Å². The lowest BCUT2D eigenvalue weighted by Gasteiger charge is -2.36. The van der Waals surface area contributed by atoms with E-state index in [-0.39, 0.29) is 12.4 Å². The number of hydrogen-bond acceptors (Lipinski definition) is 4. The van der Waals surface area contributed by atoms with Gasteiger partial charge in [0.1, 0.15) is 36.2 Å². The van der Waals surface area contributed by atoms with E-state index in [9.17, 15) is 5.11 Å². The number of phenolic OH excluding ortho intramolecular Hbond substituents is 1. The molecule has 4 nitrogen and oxygen atoms in total. The summed E-state index contributed by atoms with van der Waals surface area (Å²) in [5.41, 5.74) is 19.8. The summed E-state index contributed by atoms with van der Waals surface area (Å²) in [6, 6.07) is 28.0. The molecule has 338 valence electrons. The molecular weight excluding hydrogens is 797 g/mol. The first-order valence-electron chi connectivity index (χ1n) is 24.9. The zero-order valence-electron chi connectivity index (χ0n) is 39.9. The lowest BCUT2D eigenvalue weighted by Crippen LogP contribution is -2.45.